The summed E-state index contributed by atoms with van der Waals surface area (Å²) in [4.78, 5) is 1.60. The third-order valence-electron chi connectivity index (χ3n) is 2.97. The molecule has 16 heavy (non-hydrogen) atoms. The van der Waals surface area contributed by atoms with Gasteiger partial charge in [0.1, 0.15) is 0 Å². The number of rotatable bonds is 3. The summed E-state index contributed by atoms with van der Waals surface area (Å²) in [6.07, 6.45) is 5.79. The molecule has 1 aromatic heterocycles. The lowest BCUT2D eigenvalue weighted by molar-refractivity contribution is 0.151. The number of hydrogen-bond acceptors (Lipinski definition) is 3. The molecule has 0 radical (unpaired) electrons. The Morgan fingerprint density at radius 1 is 1.19 bits per heavy atom. The summed E-state index contributed by atoms with van der Waals surface area (Å²) >= 11 is 0. The monoisotopic (exact) mass is 215 g/mol. The minimum Gasteiger partial charge on any atom is -0.390 e. The lowest BCUT2D eigenvalue weighted by Crippen LogP contribution is -2.13. The van der Waals surface area contributed by atoms with Gasteiger partial charge in [-0.05, 0) is 24.5 Å². The molecule has 1 aliphatic rings. The van der Waals surface area contributed by atoms with Crippen molar-refractivity contribution >= 4 is 0 Å². The van der Waals surface area contributed by atoms with Crippen LogP contribution in [0.25, 0.3) is 5.69 Å². The lowest BCUT2D eigenvalue weighted by atomic mass is 10.0. The SMILES string of the molecule is OC1(Cc2ccccc2-n2nccn2)CC1. The van der Waals surface area contributed by atoms with Crippen molar-refractivity contribution in [3.8, 4) is 5.69 Å². The van der Waals surface area contributed by atoms with Crippen LogP contribution in [0.1, 0.15) is 18.4 Å². The molecule has 0 unspecified atom stereocenters. The molecule has 0 atom stereocenters. The van der Waals surface area contributed by atoms with E-state index in [2.05, 4.69) is 10.2 Å². The van der Waals surface area contributed by atoms with Gasteiger partial charge >= 0.3 is 0 Å². The minimum absolute atomic E-state index is 0.483. The maximum Gasteiger partial charge on any atom is 0.0889 e. The molecule has 82 valence electrons. The summed E-state index contributed by atoms with van der Waals surface area (Å²) in [5.41, 5.74) is 1.56. The van der Waals surface area contributed by atoms with E-state index in [0.717, 1.165) is 24.1 Å². The summed E-state index contributed by atoms with van der Waals surface area (Å²) in [6.45, 7) is 0. The van der Waals surface area contributed by atoms with Gasteiger partial charge in [-0.1, -0.05) is 18.2 Å². The zero-order chi connectivity index (χ0) is 11.0. The topological polar surface area (TPSA) is 50.9 Å². The van der Waals surface area contributed by atoms with Gasteiger partial charge in [0, 0.05) is 6.42 Å². The summed E-state index contributed by atoms with van der Waals surface area (Å²) in [5.74, 6) is 0. The average molecular weight is 215 g/mol. The summed E-state index contributed by atoms with van der Waals surface area (Å²) in [6, 6.07) is 7.93. The Morgan fingerprint density at radius 3 is 2.56 bits per heavy atom. The molecule has 1 aliphatic carbocycles. The molecule has 1 N–H and O–H groups in total. The number of para-hydroxylation sites is 1. The van der Waals surface area contributed by atoms with Crippen molar-refractivity contribution < 1.29 is 5.11 Å². The molecule has 0 spiro atoms. The van der Waals surface area contributed by atoms with Crippen LogP contribution in [0.3, 0.4) is 0 Å². The first-order valence-electron chi connectivity index (χ1n) is 5.44. The number of hydrogen-bond donors (Lipinski definition) is 1. The van der Waals surface area contributed by atoms with Gasteiger partial charge in [0.25, 0.3) is 0 Å². The summed E-state index contributed by atoms with van der Waals surface area (Å²) < 4.78 is 0. The Kier molecular flexibility index (Phi) is 2.04. The molecule has 3 rings (SSSR count). The number of benzene rings is 1. The van der Waals surface area contributed by atoms with Crippen molar-refractivity contribution in [1.29, 1.82) is 0 Å². The van der Waals surface area contributed by atoms with Crippen LogP contribution in [0.2, 0.25) is 0 Å². The number of aliphatic hydroxyl groups is 1. The predicted molar refractivity (Wildman–Crippen MR) is 59.2 cm³/mol. The second kappa shape index (κ2) is 3.42. The van der Waals surface area contributed by atoms with Crippen LogP contribution < -0.4 is 0 Å². The highest BCUT2D eigenvalue weighted by molar-refractivity contribution is 5.40. The normalized spacial score (nSPS) is 17.3. The van der Waals surface area contributed by atoms with Crippen molar-refractivity contribution in [2.45, 2.75) is 24.9 Å². The predicted octanol–water partition coefficient (Wildman–Crippen LogP) is 1.33. The molecule has 0 bridgehead atoms. The van der Waals surface area contributed by atoms with E-state index in [1.165, 1.54) is 0 Å². The third-order valence-corrected chi connectivity index (χ3v) is 2.97. The van der Waals surface area contributed by atoms with Crippen LogP contribution in [0.4, 0.5) is 0 Å². The Hall–Kier alpha value is -1.68. The van der Waals surface area contributed by atoms with E-state index in [4.69, 9.17) is 0 Å². The Bertz CT molecular complexity index is 489. The van der Waals surface area contributed by atoms with Crippen molar-refractivity contribution in [2.24, 2.45) is 0 Å². The van der Waals surface area contributed by atoms with E-state index >= 15 is 0 Å². The first-order chi connectivity index (χ1) is 7.77. The lowest BCUT2D eigenvalue weighted by Gasteiger charge is -2.11. The fourth-order valence-electron chi connectivity index (χ4n) is 1.87. The van der Waals surface area contributed by atoms with Crippen LogP contribution in [0.5, 0.6) is 0 Å². The molecule has 0 amide bonds. The van der Waals surface area contributed by atoms with E-state index in [1.807, 2.05) is 24.3 Å². The molecular formula is C12H13N3O. The molecule has 1 saturated carbocycles. The van der Waals surface area contributed by atoms with Gasteiger partial charge in [0.15, 0.2) is 0 Å². The zero-order valence-electron chi connectivity index (χ0n) is 8.87. The average Bonchev–Trinajstić information content (AvgIpc) is 2.83. The van der Waals surface area contributed by atoms with Crippen LogP contribution in [-0.2, 0) is 6.42 Å². The number of aromatic nitrogens is 3. The maximum atomic E-state index is 9.95. The van der Waals surface area contributed by atoms with Crippen molar-refractivity contribution in [2.75, 3.05) is 0 Å². The number of nitrogens with zero attached hydrogens (tertiary/aromatic N) is 3. The fraction of sp³-hybridized carbons (Fsp3) is 0.333. The van der Waals surface area contributed by atoms with Gasteiger partial charge < -0.3 is 5.11 Å². The molecule has 4 nitrogen and oxygen atoms in total. The quantitative estimate of drug-likeness (QED) is 0.840. The van der Waals surface area contributed by atoms with Crippen molar-refractivity contribution in [1.82, 2.24) is 15.0 Å². The van der Waals surface area contributed by atoms with E-state index in [9.17, 15) is 5.11 Å². The summed E-state index contributed by atoms with van der Waals surface area (Å²) in [7, 11) is 0. The minimum atomic E-state index is -0.483. The van der Waals surface area contributed by atoms with Crippen molar-refractivity contribution in [3.63, 3.8) is 0 Å². The Balaban J connectivity index is 1.98. The summed E-state index contributed by atoms with van der Waals surface area (Å²) in [5, 5.41) is 18.2. The molecule has 1 heterocycles. The van der Waals surface area contributed by atoms with E-state index in [-0.39, 0.29) is 0 Å². The third kappa shape index (κ3) is 1.72. The Morgan fingerprint density at radius 2 is 1.88 bits per heavy atom. The van der Waals surface area contributed by atoms with Crippen LogP contribution in [0, 0.1) is 0 Å². The van der Waals surface area contributed by atoms with Gasteiger partial charge in [-0.15, -0.1) is 0 Å². The molecule has 0 saturated heterocycles. The second-order valence-corrected chi connectivity index (χ2v) is 4.35. The molecule has 1 aromatic carbocycles. The first kappa shape index (κ1) is 9.54. The van der Waals surface area contributed by atoms with Gasteiger partial charge in [0.2, 0.25) is 0 Å². The van der Waals surface area contributed by atoms with E-state index in [0.29, 0.717) is 6.42 Å². The smallest absolute Gasteiger partial charge is 0.0889 e. The highest BCUT2D eigenvalue weighted by atomic mass is 16.3. The fourth-order valence-corrected chi connectivity index (χ4v) is 1.87. The molecule has 4 heteroatoms. The molecular weight excluding hydrogens is 202 g/mol. The van der Waals surface area contributed by atoms with Crippen LogP contribution in [0.15, 0.2) is 36.7 Å². The van der Waals surface area contributed by atoms with Gasteiger partial charge in [-0.2, -0.15) is 15.0 Å². The first-order valence-corrected chi connectivity index (χ1v) is 5.44. The molecule has 0 aliphatic heterocycles. The molecule has 2 aromatic rings. The largest absolute Gasteiger partial charge is 0.390 e. The zero-order valence-corrected chi connectivity index (χ0v) is 8.87. The van der Waals surface area contributed by atoms with E-state index < -0.39 is 5.60 Å². The standard InChI is InChI=1S/C12H13N3O/c16-12(5-6-12)9-10-3-1-2-4-11(10)15-13-7-8-14-15/h1-4,7-8,16H,5-6,9H2. The van der Waals surface area contributed by atoms with E-state index in [1.54, 1.807) is 17.2 Å². The van der Waals surface area contributed by atoms with Crippen LogP contribution in [-0.4, -0.2) is 25.7 Å². The Labute approximate surface area is 93.5 Å². The van der Waals surface area contributed by atoms with Gasteiger partial charge in [-0.3, -0.25) is 0 Å². The van der Waals surface area contributed by atoms with Crippen LogP contribution >= 0.6 is 0 Å². The van der Waals surface area contributed by atoms with Gasteiger partial charge in [0.05, 0.1) is 23.7 Å². The molecule has 1 fully saturated rings. The highest BCUT2D eigenvalue weighted by Gasteiger charge is 2.40. The highest BCUT2D eigenvalue weighted by Crippen LogP contribution is 2.39. The second-order valence-electron chi connectivity index (χ2n) is 4.35. The van der Waals surface area contributed by atoms with Gasteiger partial charge in [-0.25, -0.2) is 0 Å². The van der Waals surface area contributed by atoms with Crippen molar-refractivity contribution in [3.05, 3.63) is 42.2 Å². The maximum absolute atomic E-state index is 9.95.